The van der Waals surface area contributed by atoms with Crippen molar-refractivity contribution in [1.29, 1.82) is 0 Å². The van der Waals surface area contributed by atoms with Gasteiger partial charge in [-0.15, -0.1) is 24.8 Å². The number of anilines is 1. The number of benzene rings is 1. The number of nitrogens with zero attached hydrogens (tertiary/aromatic N) is 1. The van der Waals surface area contributed by atoms with Crippen molar-refractivity contribution in [2.75, 3.05) is 59.4 Å². The van der Waals surface area contributed by atoms with Gasteiger partial charge in [0.2, 0.25) is 5.91 Å². The summed E-state index contributed by atoms with van der Waals surface area (Å²) in [6.07, 6.45) is 1.51. The molecule has 156 valence electrons. The molecule has 1 aliphatic heterocycles. The van der Waals surface area contributed by atoms with Gasteiger partial charge in [0.15, 0.2) is 0 Å². The van der Waals surface area contributed by atoms with Crippen LogP contribution in [0.25, 0.3) is 0 Å². The van der Waals surface area contributed by atoms with Crippen molar-refractivity contribution in [1.82, 2.24) is 10.2 Å². The molecule has 9 heteroatoms. The van der Waals surface area contributed by atoms with Gasteiger partial charge >= 0.3 is 0 Å². The summed E-state index contributed by atoms with van der Waals surface area (Å²) in [5, 5.41) is 6.76. The summed E-state index contributed by atoms with van der Waals surface area (Å²) in [6, 6.07) is 5.33. The number of ether oxygens (including phenoxy) is 2. The first-order valence-electron chi connectivity index (χ1n) is 8.55. The predicted molar refractivity (Wildman–Crippen MR) is 115 cm³/mol. The lowest BCUT2D eigenvalue weighted by Gasteiger charge is -2.35. The lowest BCUT2D eigenvalue weighted by Crippen LogP contribution is -2.47. The molecule has 1 heterocycles. The second kappa shape index (κ2) is 12.6. The van der Waals surface area contributed by atoms with Crippen LogP contribution in [-0.4, -0.2) is 64.9 Å². The van der Waals surface area contributed by atoms with Crippen molar-refractivity contribution in [3.8, 4) is 5.75 Å². The summed E-state index contributed by atoms with van der Waals surface area (Å²) in [5.41, 5.74) is 0.178. The number of nitrogens with one attached hydrogen (secondary N) is 2. The summed E-state index contributed by atoms with van der Waals surface area (Å²) in [4.78, 5) is 14.9. The molecule has 1 aromatic carbocycles. The number of halogens is 3. The fraction of sp³-hybridized carbons (Fsp3) is 0.611. The minimum atomic E-state index is -0.493. The number of piperidine rings is 1. The molecule has 0 unspecified atom stereocenters. The maximum absolute atomic E-state index is 12.8. The standard InChI is InChI=1S/C18H28ClN3O3.2ClH/c1-22(2)10-11-25-16-5-4-14(12-15(16)19)21-17(23)18(13-24-3)6-8-20-9-7-18;;/h4-5,12,20H,6-11,13H2,1-3H3,(H,21,23);2*1H. The molecule has 0 aliphatic carbocycles. The van der Waals surface area contributed by atoms with Gasteiger partial charge in [-0.25, -0.2) is 0 Å². The Balaban J connectivity index is 0.00000338. The van der Waals surface area contributed by atoms with Gasteiger partial charge in [-0.05, 0) is 58.2 Å². The van der Waals surface area contributed by atoms with E-state index in [0.717, 1.165) is 32.5 Å². The van der Waals surface area contributed by atoms with E-state index in [4.69, 9.17) is 21.1 Å². The first-order valence-corrected chi connectivity index (χ1v) is 8.93. The highest BCUT2D eigenvalue weighted by atomic mass is 35.5. The third-order valence-corrected chi connectivity index (χ3v) is 4.74. The molecule has 1 saturated heterocycles. The monoisotopic (exact) mass is 441 g/mol. The topological polar surface area (TPSA) is 62.8 Å². The zero-order valence-electron chi connectivity index (χ0n) is 16.0. The molecule has 2 rings (SSSR count). The van der Waals surface area contributed by atoms with E-state index in [-0.39, 0.29) is 30.7 Å². The number of hydrogen-bond donors (Lipinski definition) is 2. The molecule has 0 radical (unpaired) electrons. The second-order valence-electron chi connectivity index (χ2n) is 6.71. The average Bonchev–Trinajstić information content (AvgIpc) is 2.57. The number of methoxy groups -OCH3 is 1. The molecule has 0 atom stereocenters. The lowest BCUT2D eigenvalue weighted by atomic mass is 9.78. The Hall–Kier alpha value is -0.760. The molecule has 27 heavy (non-hydrogen) atoms. The van der Waals surface area contributed by atoms with Crippen LogP contribution in [0.15, 0.2) is 18.2 Å². The van der Waals surface area contributed by atoms with Gasteiger partial charge in [0.25, 0.3) is 0 Å². The Morgan fingerprint density at radius 2 is 1.96 bits per heavy atom. The number of carbonyl (C=O) groups is 1. The summed E-state index contributed by atoms with van der Waals surface area (Å²) in [7, 11) is 5.61. The van der Waals surface area contributed by atoms with Crippen LogP contribution in [0.3, 0.4) is 0 Å². The molecular weight excluding hydrogens is 413 g/mol. The smallest absolute Gasteiger partial charge is 0.233 e. The zero-order chi connectivity index (χ0) is 18.3. The molecule has 1 amide bonds. The maximum atomic E-state index is 12.8. The molecule has 0 aromatic heterocycles. The number of carbonyl (C=O) groups excluding carboxylic acids is 1. The van der Waals surface area contributed by atoms with Crippen molar-refractivity contribution in [3.05, 3.63) is 23.2 Å². The summed E-state index contributed by atoms with van der Waals surface area (Å²) >= 11 is 6.29. The maximum Gasteiger partial charge on any atom is 0.233 e. The van der Waals surface area contributed by atoms with Crippen LogP contribution >= 0.6 is 36.4 Å². The van der Waals surface area contributed by atoms with Crippen molar-refractivity contribution < 1.29 is 14.3 Å². The van der Waals surface area contributed by atoms with Crippen LogP contribution in [0.2, 0.25) is 5.02 Å². The number of amides is 1. The number of likely N-dealkylation sites (N-methyl/N-ethyl adjacent to an activating group) is 1. The average molecular weight is 443 g/mol. The quantitative estimate of drug-likeness (QED) is 0.648. The van der Waals surface area contributed by atoms with Gasteiger partial charge in [0.1, 0.15) is 12.4 Å². The normalized spacial score (nSPS) is 15.4. The molecule has 6 nitrogen and oxygen atoms in total. The SMILES string of the molecule is COCC1(C(=O)Nc2ccc(OCCN(C)C)c(Cl)c2)CCNCC1.Cl.Cl. The highest BCUT2D eigenvalue weighted by molar-refractivity contribution is 6.32. The van der Waals surface area contributed by atoms with E-state index in [1.54, 1.807) is 19.2 Å². The predicted octanol–water partition coefficient (Wildman–Crippen LogP) is 3.08. The largest absolute Gasteiger partial charge is 0.491 e. The zero-order valence-corrected chi connectivity index (χ0v) is 18.4. The van der Waals surface area contributed by atoms with Crippen LogP contribution in [0.1, 0.15) is 12.8 Å². The van der Waals surface area contributed by atoms with E-state index in [9.17, 15) is 4.79 Å². The van der Waals surface area contributed by atoms with Gasteiger partial charge in [-0.2, -0.15) is 0 Å². The van der Waals surface area contributed by atoms with E-state index in [1.165, 1.54) is 0 Å². The molecular formula is C18H30Cl3N3O3. The summed E-state index contributed by atoms with van der Waals surface area (Å²) in [6.45, 7) is 3.41. The Morgan fingerprint density at radius 3 is 2.52 bits per heavy atom. The Morgan fingerprint density at radius 1 is 1.30 bits per heavy atom. The molecule has 1 aromatic rings. The number of hydrogen-bond acceptors (Lipinski definition) is 5. The highest BCUT2D eigenvalue weighted by Gasteiger charge is 2.39. The first-order chi connectivity index (χ1) is 12.0. The fourth-order valence-electron chi connectivity index (χ4n) is 2.92. The van der Waals surface area contributed by atoms with Crippen LogP contribution in [-0.2, 0) is 9.53 Å². The molecule has 2 N–H and O–H groups in total. The minimum absolute atomic E-state index is 0. The molecule has 1 aliphatic rings. The Kier molecular flexibility index (Phi) is 12.3. The van der Waals surface area contributed by atoms with Crippen molar-refractivity contribution >= 4 is 48.0 Å². The summed E-state index contributed by atoms with van der Waals surface area (Å²) < 4.78 is 11.0. The Bertz CT molecular complexity index is 577. The highest BCUT2D eigenvalue weighted by Crippen LogP contribution is 2.32. The fourth-order valence-corrected chi connectivity index (χ4v) is 3.15. The van der Waals surface area contributed by atoms with Crippen LogP contribution in [0.5, 0.6) is 5.75 Å². The van der Waals surface area contributed by atoms with Crippen molar-refractivity contribution in [2.45, 2.75) is 12.8 Å². The summed E-state index contributed by atoms with van der Waals surface area (Å²) in [5.74, 6) is 0.600. The first kappa shape index (κ1) is 26.2. The third kappa shape index (κ3) is 7.64. The molecule has 1 fully saturated rings. The van der Waals surface area contributed by atoms with Crippen molar-refractivity contribution in [2.24, 2.45) is 5.41 Å². The molecule has 0 spiro atoms. The van der Waals surface area contributed by atoms with Gasteiger partial charge in [0.05, 0.1) is 17.0 Å². The van der Waals surface area contributed by atoms with E-state index in [2.05, 4.69) is 10.6 Å². The molecule has 0 saturated carbocycles. The third-order valence-electron chi connectivity index (χ3n) is 4.45. The number of rotatable bonds is 8. The van der Waals surface area contributed by atoms with Gasteiger partial charge in [-0.3, -0.25) is 4.79 Å². The van der Waals surface area contributed by atoms with E-state index in [0.29, 0.717) is 29.7 Å². The van der Waals surface area contributed by atoms with Gasteiger partial charge < -0.3 is 25.0 Å². The minimum Gasteiger partial charge on any atom is -0.491 e. The van der Waals surface area contributed by atoms with Crippen LogP contribution in [0.4, 0.5) is 5.69 Å². The lowest BCUT2D eigenvalue weighted by molar-refractivity contribution is -0.130. The Labute approximate surface area is 179 Å². The van der Waals surface area contributed by atoms with E-state index in [1.807, 2.05) is 25.1 Å². The van der Waals surface area contributed by atoms with E-state index < -0.39 is 5.41 Å². The van der Waals surface area contributed by atoms with Gasteiger partial charge in [0, 0.05) is 19.3 Å². The van der Waals surface area contributed by atoms with Crippen LogP contribution in [0, 0.1) is 5.41 Å². The van der Waals surface area contributed by atoms with E-state index >= 15 is 0 Å². The molecule has 0 bridgehead atoms. The van der Waals surface area contributed by atoms with Crippen molar-refractivity contribution in [3.63, 3.8) is 0 Å². The second-order valence-corrected chi connectivity index (χ2v) is 7.12. The van der Waals surface area contributed by atoms with Gasteiger partial charge in [-0.1, -0.05) is 11.6 Å². The van der Waals surface area contributed by atoms with Crippen LogP contribution < -0.4 is 15.4 Å².